The number of carbonyl (C=O) groups is 3. The largest absolute Gasteiger partial charge is 0.480 e. The summed E-state index contributed by atoms with van der Waals surface area (Å²) in [6.07, 6.45) is -0.0651. The fourth-order valence-corrected chi connectivity index (χ4v) is 1.33. The van der Waals surface area contributed by atoms with Gasteiger partial charge < -0.3 is 25.0 Å². The van der Waals surface area contributed by atoms with Crippen LogP contribution < -0.4 is 5.32 Å². The number of methoxy groups -OCH3 is 1. The average Bonchev–Trinajstić information content (AvgIpc) is 2.39. The van der Waals surface area contributed by atoms with E-state index in [0.717, 1.165) is 0 Å². The fraction of sp³-hybridized carbons (Fsp3) is 0.750. The number of nitrogens with zero attached hydrogens (tertiary/aromatic N) is 2. The number of esters is 1. The molecule has 0 spiro atoms. The van der Waals surface area contributed by atoms with Crippen molar-refractivity contribution in [3.63, 3.8) is 0 Å². The molecule has 0 fully saturated rings. The highest BCUT2D eigenvalue weighted by molar-refractivity contribution is 5.83. The van der Waals surface area contributed by atoms with E-state index < -0.39 is 24.0 Å². The number of nitrogens with one attached hydrogen (secondary N) is 1. The van der Waals surface area contributed by atoms with Gasteiger partial charge in [-0.25, -0.2) is 9.59 Å². The molecule has 0 aliphatic rings. The Morgan fingerprint density at radius 1 is 1.20 bits per heavy atom. The van der Waals surface area contributed by atoms with Crippen molar-refractivity contribution in [2.45, 2.75) is 18.9 Å². The van der Waals surface area contributed by atoms with Gasteiger partial charge in [0, 0.05) is 26.6 Å². The van der Waals surface area contributed by atoms with E-state index in [9.17, 15) is 14.4 Å². The summed E-state index contributed by atoms with van der Waals surface area (Å²) in [6.45, 7) is 1.14. The molecular weight excluding hydrogens is 266 g/mol. The first-order valence-electron chi connectivity index (χ1n) is 6.24. The molecule has 20 heavy (non-hydrogen) atoms. The van der Waals surface area contributed by atoms with Gasteiger partial charge in [0.1, 0.15) is 6.04 Å². The van der Waals surface area contributed by atoms with Crippen molar-refractivity contribution < 1.29 is 24.2 Å². The number of aliphatic carboxylic acids is 1. The van der Waals surface area contributed by atoms with Gasteiger partial charge in [-0.2, -0.15) is 0 Å². The Morgan fingerprint density at radius 2 is 1.80 bits per heavy atom. The summed E-state index contributed by atoms with van der Waals surface area (Å²) in [4.78, 5) is 37.1. The van der Waals surface area contributed by atoms with Gasteiger partial charge in [-0.3, -0.25) is 4.79 Å². The van der Waals surface area contributed by atoms with Crippen molar-refractivity contribution in [2.24, 2.45) is 0 Å². The maximum atomic E-state index is 11.8. The normalized spacial score (nSPS) is 11.8. The summed E-state index contributed by atoms with van der Waals surface area (Å²) in [5, 5.41) is 11.4. The number of rotatable bonds is 8. The van der Waals surface area contributed by atoms with Crippen LogP contribution in [0.4, 0.5) is 4.79 Å². The van der Waals surface area contributed by atoms with E-state index in [1.165, 1.54) is 12.0 Å². The van der Waals surface area contributed by atoms with E-state index in [2.05, 4.69) is 10.1 Å². The average molecular weight is 289 g/mol. The summed E-state index contributed by atoms with van der Waals surface area (Å²) in [7, 11) is 6.56. The van der Waals surface area contributed by atoms with Crippen LogP contribution in [0.1, 0.15) is 12.8 Å². The van der Waals surface area contributed by atoms with Crippen LogP contribution in [-0.2, 0) is 14.3 Å². The molecule has 0 saturated heterocycles. The molecule has 1 atom stereocenters. The summed E-state index contributed by atoms with van der Waals surface area (Å²) in [6, 6.07) is -1.59. The minimum atomic E-state index is -1.18. The van der Waals surface area contributed by atoms with Gasteiger partial charge in [-0.1, -0.05) is 0 Å². The zero-order valence-corrected chi connectivity index (χ0v) is 12.4. The third-order valence-electron chi connectivity index (χ3n) is 2.69. The Hall–Kier alpha value is -1.83. The van der Waals surface area contributed by atoms with Crippen LogP contribution >= 0.6 is 0 Å². The van der Waals surface area contributed by atoms with E-state index in [0.29, 0.717) is 13.1 Å². The quantitative estimate of drug-likeness (QED) is 0.590. The van der Waals surface area contributed by atoms with Crippen molar-refractivity contribution in [3.05, 3.63) is 0 Å². The van der Waals surface area contributed by atoms with Gasteiger partial charge in [0.05, 0.1) is 7.11 Å². The molecule has 0 saturated carbocycles. The number of carboxylic acids is 1. The Balaban J connectivity index is 4.32. The number of hydrogen-bond donors (Lipinski definition) is 2. The Kier molecular flexibility index (Phi) is 8.30. The van der Waals surface area contributed by atoms with Crippen molar-refractivity contribution >= 4 is 18.0 Å². The minimum absolute atomic E-state index is 0.00470. The third-order valence-corrected chi connectivity index (χ3v) is 2.69. The van der Waals surface area contributed by atoms with E-state index in [1.54, 1.807) is 7.05 Å². The predicted molar refractivity (Wildman–Crippen MR) is 72.4 cm³/mol. The van der Waals surface area contributed by atoms with Crippen LogP contribution in [-0.4, -0.2) is 80.3 Å². The first kappa shape index (κ1) is 18.2. The monoisotopic (exact) mass is 289 g/mol. The Labute approximate surface area is 118 Å². The standard InChI is InChI=1S/C12H23N3O5/c1-14(2)7-8-15(3)12(19)13-9(11(17)18)5-6-10(16)20-4/h9H,5-8H2,1-4H3,(H,13,19)(H,17,18)/t9-/m0/s1. The van der Waals surface area contributed by atoms with Gasteiger partial charge in [0.15, 0.2) is 0 Å². The maximum absolute atomic E-state index is 11.8. The van der Waals surface area contributed by atoms with Gasteiger partial charge >= 0.3 is 18.0 Å². The van der Waals surface area contributed by atoms with Crippen molar-refractivity contribution in [2.75, 3.05) is 41.3 Å². The number of amides is 2. The lowest BCUT2D eigenvalue weighted by Gasteiger charge is -2.22. The van der Waals surface area contributed by atoms with Crippen LogP contribution in [0, 0.1) is 0 Å². The van der Waals surface area contributed by atoms with E-state index in [4.69, 9.17) is 5.11 Å². The molecule has 0 unspecified atom stereocenters. The topological polar surface area (TPSA) is 99.2 Å². The molecule has 0 bridgehead atoms. The second-order valence-electron chi connectivity index (χ2n) is 4.68. The lowest BCUT2D eigenvalue weighted by atomic mass is 10.1. The first-order chi connectivity index (χ1) is 9.27. The molecule has 0 rings (SSSR count). The van der Waals surface area contributed by atoms with E-state index >= 15 is 0 Å². The molecule has 0 aromatic heterocycles. The van der Waals surface area contributed by atoms with Crippen molar-refractivity contribution in [1.29, 1.82) is 0 Å². The summed E-state index contributed by atoms with van der Waals surface area (Å²) >= 11 is 0. The fourth-order valence-electron chi connectivity index (χ4n) is 1.33. The van der Waals surface area contributed by atoms with Crippen LogP contribution in [0.3, 0.4) is 0 Å². The zero-order valence-electron chi connectivity index (χ0n) is 12.4. The number of carboxylic acid groups (broad SMARTS) is 1. The Bertz CT molecular complexity index is 346. The molecule has 0 aliphatic heterocycles. The molecule has 0 aromatic rings. The number of carbonyl (C=O) groups excluding carboxylic acids is 2. The second-order valence-corrected chi connectivity index (χ2v) is 4.68. The van der Waals surface area contributed by atoms with Crippen LogP contribution in [0.5, 0.6) is 0 Å². The molecule has 8 nitrogen and oxygen atoms in total. The SMILES string of the molecule is COC(=O)CC[C@H](NC(=O)N(C)CCN(C)C)C(=O)O. The molecule has 116 valence electrons. The van der Waals surface area contributed by atoms with Crippen LogP contribution in [0.25, 0.3) is 0 Å². The smallest absolute Gasteiger partial charge is 0.326 e. The summed E-state index contributed by atoms with van der Waals surface area (Å²) in [5.74, 6) is -1.69. The molecular formula is C12H23N3O5. The van der Waals surface area contributed by atoms with Crippen molar-refractivity contribution in [3.8, 4) is 0 Å². The van der Waals surface area contributed by atoms with Crippen LogP contribution in [0.15, 0.2) is 0 Å². The second kappa shape index (κ2) is 9.13. The number of ether oxygens (including phenoxy) is 1. The molecule has 2 amide bonds. The highest BCUT2D eigenvalue weighted by atomic mass is 16.5. The lowest BCUT2D eigenvalue weighted by Crippen LogP contribution is -2.48. The first-order valence-corrected chi connectivity index (χ1v) is 6.24. The van der Waals surface area contributed by atoms with Crippen molar-refractivity contribution in [1.82, 2.24) is 15.1 Å². The zero-order chi connectivity index (χ0) is 15.7. The number of urea groups is 1. The van der Waals surface area contributed by atoms with Gasteiger partial charge in [0.2, 0.25) is 0 Å². The maximum Gasteiger partial charge on any atom is 0.326 e. The summed E-state index contributed by atoms with van der Waals surface area (Å²) in [5.41, 5.74) is 0. The minimum Gasteiger partial charge on any atom is -0.480 e. The molecule has 0 aromatic carbocycles. The van der Waals surface area contributed by atoms with Gasteiger partial charge in [0.25, 0.3) is 0 Å². The molecule has 0 radical (unpaired) electrons. The van der Waals surface area contributed by atoms with Gasteiger partial charge in [-0.15, -0.1) is 0 Å². The third kappa shape index (κ3) is 7.57. The van der Waals surface area contributed by atoms with Crippen LogP contribution in [0.2, 0.25) is 0 Å². The highest BCUT2D eigenvalue weighted by Crippen LogP contribution is 2.01. The molecule has 2 N–H and O–H groups in total. The number of hydrogen-bond acceptors (Lipinski definition) is 5. The lowest BCUT2D eigenvalue weighted by molar-refractivity contribution is -0.142. The molecule has 0 heterocycles. The van der Waals surface area contributed by atoms with E-state index in [-0.39, 0.29) is 12.8 Å². The number of likely N-dealkylation sites (N-methyl/N-ethyl adjacent to an activating group) is 2. The highest BCUT2D eigenvalue weighted by Gasteiger charge is 2.22. The Morgan fingerprint density at radius 3 is 2.25 bits per heavy atom. The van der Waals surface area contributed by atoms with E-state index in [1.807, 2.05) is 19.0 Å². The molecule has 0 aliphatic carbocycles. The van der Waals surface area contributed by atoms with Gasteiger partial charge in [-0.05, 0) is 20.5 Å². The molecule has 8 heteroatoms. The predicted octanol–water partition coefficient (Wildman–Crippen LogP) is -0.404. The summed E-state index contributed by atoms with van der Waals surface area (Å²) < 4.78 is 4.44.